The molecule has 0 aliphatic carbocycles. The van der Waals surface area contributed by atoms with Crippen LogP contribution in [0.2, 0.25) is 0 Å². The third-order valence-electron chi connectivity index (χ3n) is 3.12. The van der Waals surface area contributed by atoms with Crippen LogP contribution in [-0.4, -0.2) is 30.8 Å². The number of rotatable bonds is 3. The maximum atomic E-state index is 11.8. The summed E-state index contributed by atoms with van der Waals surface area (Å²) >= 11 is 0. The summed E-state index contributed by atoms with van der Waals surface area (Å²) in [7, 11) is 0. The van der Waals surface area contributed by atoms with E-state index in [2.05, 4.69) is 5.32 Å². The zero-order valence-electron chi connectivity index (χ0n) is 13.4. The molecule has 0 bridgehead atoms. The molecule has 0 radical (unpaired) electrons. The number of carbonyl (C=O) groups is 2. The highest BCUT2D eigenvalue weighted by Crippen LogP contribution is 2.32. The van der Waals surface area contributed by atoms with Crippen LogP contribution >= 0.6 is 0 Å². The van der Waals surface area contributed by atoms with Crippen molar-refractivity contribution in [1.29, 1.82) is 0 Å². The second-order valence-electron chi connectivity index (χ2n) is 6.08. The molecule has 2 rings (SSSR count). The molecular formula is C16H22N2O4. The average Bonchev–Trinajstić information content (AvgIpc) is 2.43. The Balaban J connectivity index is 2.06. The van der Waals surface area contributed by atoms with E-state index in [0.29, 0.717) is 18.8 Å². The number of anilines is 1. The average molecular weight is 306 g/mol. The van der Waals surface area contributed by atoms with Crippen molar-refractivity contribution < 1.29 is 19.1 Å². The number of hydrogen-bond donors (Lipinski definition) is 1. The number of nitrogens with zero attached hydrogens (tertiary/aromatic N) is 1. The molecule has 1 aromatic rings. The smallest absolute Gasteiger partial charge is 0.407 e. The van der Waals surface area contributed by atoms with E-state index < -0.39 is 11.7 Å². The van der Waals surface area contributed by atoms with Crippen LogP contribution in [0.15, 0.2) is 18.2 Å². The summed E-state index contributed by atoms with van der Waals surface area (Å²) < 4.78 is 10.6. The minimum atomic E-state index is -0.529. The molecule has 2 amide bonds. The molecule has 0 fully saturated rings. The van der Waals surface area contributed by atoms with Crippen molar-refractivity contribution in [2.24, 2.45) is 0 Å². The van der Waals surface area contributed by atoms with Gasteiger partial charge in [0.15, 0.2) is 6.61 Å². The summed E-state index contributed by atoms with van der Waals surface area (Å²) in [5.41, 5.74) is 1.09. The first-order valence-electron chi connectivity index (χ1n) is 7.33. The van der Waals surface area contributed by atoms with E-state index in [9.17, 15) is 9.59 Å². The lowest BCUT2D eigenvalue weighted by Crippen LogP contribution is -2.38. The fourth-order valence-corrected chi connectivity index (χ4v) is 2.19. The minimum absolute atomic E-state index is 0.0627. The van der Waals surface area contributed by atoms with Gasteiger partial charge in [-0.3, -0.25) is 4.79 Å². The predicted octanol–water partition coefficient (Wildman–Crippen LogP) is 2.46. The van der Waals surface area contributed by atoms with Gasteiger partial charge in [-0.1, -0.05) is 6.07 Å². The van der Waals surface area contributed by atoms with E-state index in [1.807, 2.05) is 45.9 Å². The van der Waals surface area contributed by atoms with E-state index in [4.69, 9.17) is 9.47 Å². The van der Waals surface area contributed by atoms with Crippen molar-refractivity contribution in [2.45, 2.75) is 39.8 Å². The molecule has 6 heteroatoms. The molecule has 1 N–H and O–H groups in total. The van der Waals surface area contributed by atoms with Gasteiger partial charge >= 0.3 is 6.09 Å². The van der Waals surface area contributed by atoms with Gasteiger partial charge in [-0.15, -0.1) is 0 Å². The summed E-state index contributed by atoms with van der Waals surface area (Å²) in [6.07, 6.45) is -0.468. The minimum Gasteiger partial charge on any atom is -0.482 e. The molecule has 0 saturated carbocycles. The molecule has 0 spiro atoms. The highest BCUT2D eigenvalue weighted by molar-refractivity contribution is 5.97. The number of carbonyl (C=O) groups excluding carboxylic acids is 2. The Morgan fingerprint density at radius 1 is 1.41 bits per heavy atom. The van der Waals surface area contributed by atoms with Crippen molar-refractivity contribution in [2.75, 3.05) is 18.1 Å². The van der Waals surface area contributed by atoms with Gasteiger partial charge in [0, 0.05) is 13.1 Å². The van der Waals surface area contributed by atoms with E-state index >= 15 is 0 Å². The van der Waals surface area contributed by atoms with Gasteiger partial charge < -0.3 is 19.7 Å². The molecule has 1 aromatic carbocycles. The molecule has 0 unspecified atom stereocenters. The first kappa shape index (κ1) is 16.1. The van der Waals surface area contributed by atoms with Gasteiger partial charge in [0.05, 0.1) is 5.69 Å². The van der Waals surface area contributed by atoms with Gasteiger partial charge in [-0.2, -0.15) is 0 Å². The van der Waals surface area contributed by atoms with Crippen molar-refractivity contribution >= 4 is 17.7 Å². The molecule has 22 heavy (non-hydrogen) atoms. The topological polar surface area (TPSA) is 67.9 Å². The summed E-state index contributed by atoms with van der Waals surface area (Å²) in [6, 6.07) is 5.53. The normalized spacial score (nSPS) is 14.2. The van der Waals surface area contributed by atoms with Crippen LogP contribution in [0, 0.1) is 0 Å². The largest absolute Gasteiger partial charge is 0.482 e. The Kier molecular flexibility index (Phi) is 4.59. The fraction of sp³-hybridized carbons (Fsp3) is 0.500. The third kappa shape index (κ3) is 3.90. The lowest BCUT2D eigenvalue weighted by atomic mass is 10.1. The molecule has 0 atom stereocenters. The molecule has 0 saturated heterocycles. The lowest BCUT2D eigenvalue weighted by Gasteiger charge is -2.28. The van der Waals surface area contributed by atoms with Crippen LogP contribution in [0.3, 0.4) is 0 Å². The lowest BCUT2D eigenvalue weighted by molar-refractivity contribution is -0.121. The third-order valence-corrected chi connectivity index (χ3v) is 3.12. The molecule has 1 aliphatic rings. The zero-order valence-corrected chi connectivity index (χ0v) is 13.4. The van der Waals surface area contributed by atoms with E-state index in [1.54, 1.807) is 4.90 Å². The highest BCUT2D eigenvalue weighted by Gasteiger charge is 2.24. The first-order valence-corrected chi connectivity index (χ1v) is 7.33. The van der Waals surface area contributed by atoms with Gasteiger partial charge in [-0.05, 0) is 45.4 Å². The quantitative estimate of drug-likeness (QED) is 0.931. The Morgan fingerprint density at radius 3 is 2.77 bits per heavy atom. The van der Waals surface area contributed by atoms with Crippen LogP contribution < -0.4 is 15.0 Å². The summed E-state index contributed by atoms with van der Waals surface area (Å²) in [6.45, 7) is 8.33. The van der Waals surface area contributed by atoms with Crippen molar-refractivity contribution in [3.8, 4) is 5.75 Å². The van der Waals surface area contributed by atoms with Crippen molar-refractivity contribution in [1.82, 2.24) is 5.32 Å². The number of ether oxygens (including phenoxy) is 2. The van der Waals surface area contributed by atoms with Crippen LogP contribution in [0.4, 0.5) is 10.5 Å². The highest BCUT2D eigenvalue weighted by atomic mass is 16.6. The molecule has 6 nitrogen and oxygen atoms in total. The van der Waals surface area contributed by atoms with E-state index in [-0.39, 0.29) is 12.5 Å². The summed E-state index contributed by atoms with van der Waals surface area (Å²) in [5, 5.41) is 2.70. The second-order valence-corrected chi connectivity index (χ2v) is 6.08. The monoisotopic (exact) mass is 306 g/mol. The number of fused-ring (bicyclic) bond motifs is 1. The standard InChI is InChI=1S/C16H22N2O4/c1-5-18-12-8-11(6-7-13(12)21-10-14(18)19)9-17-15(20)22-16(2,3)4/h6-8H,5,9-10H2,1-4H3,(H,17,20). The first-order chi connectivity index (χ1) is 10.3. The number of amides is 2. The molecule has 0 aromatic heterocycles. The Bertz CT molecular complexity index is 578. The van der Waals surface area contributed by atoms with Crippen LogP contribution in [0.1, 0.15) is 33.3 Å². The number of alkyl carbamates (subject to hydrolysis) is 1. The Hall–Kier alpha value is -2.24. The van der Waals surface area contributed by atoms with E-state index in [0.717, 1.165) is 11.3 Å². The fourth-order valence-electron chi connectivity index (χ4n) is 2.19. The predicted molar refractivity (Wildman–Crippen MR) is 83.0 cm³/mol. The van der Waals surface area contributed by atoms with Gasteiger partial charge in [-0.25, -0.2) is 4.79 Å². The number of nitrogens with one attached hydrogen (secondary N) is 1. The van der Waals surface area contributed by atoms with E-state index in [1.165, 1.54) is 0 Å². The Labute approximate surface area is 130 Å². The second kappa shape index (κ2) is 6.25. The van der Waals surface area contributed by atoms with Crippen molar-refractivity contribution in [3.63, 3.8) is 0 Å². The molecule has 1 aliphatic heterocycles. The summed E-state index contributed by atoms with van der Waals surface area (Å²) in [4.78, 5) is 25.2. The maximum Gasteiger partial charge on any atom is 0.407 e. The van der Waals surface area contributed by atoms with Crippen LogP contribution in [-0.2, 0) is 16.1 Å². The van der Waals surface area contributed by atoms with Gasteiger partial charge in [0.25, 0.3) is 5.91 Å². The van der Waals surface area contributed by atoms with Crippen LogP contribution in [0.25, 0.3) is 0 Å². The summed E-state index contributed by atoms with van der Waals surface area (Å²) in [5.74, 6) is 0.620. The van der Waals surface area contributed by atoms with Crippen molar-refractivity contribution in [3.05, 3.63) is 23.8 Å². The van der Waals surface area contributed by atoms with Crippen LogP contribution in [0.5, 0.6) is 5.75 Å². The number of likely N-dealkylation sites (N-methyl/N-ethyl adjacent to an activating group) is 1. The van der Waals surface area contributed by atoms with Gasteiger partial charge in [0.2, 0.25) is 0 Å². The molecular weight excluding hydrogens is 284 g/mol. The number of hydrogen-bond acceptors (Lipinski definition) is 4. The SMILES string of the molecule is CCN1C(=O)COc2ccc(CNC(=O)OC(C)(C)C)cc21. The molecule has 1 heterocycles. The number of benzene rings is 1. The van der Waals surface area contributed by atoms with Gasteiger partial charge in [0.1, 0.15) is 11.4 Å². The molecule has 120 valence electrons. The zero-order chi connectivity index (χ0) is 16.3. The maximum absolute atomic E-state index is 11.8. The Morgan fingerprint density at radius 2 is 2.14 bits per heavy atom.